The van der Waals surface area contributed by atoms with E-state index in [4.69, 9.17) is 4.74 Å². The van der Waals surface area contributed by atoms with Crippen molar-refractivity contribution in [2.75, 3.05) is 13.2 Å². The minimum absolute atomic E-state index is 0.294. The maximum absolute atomic E-state index is 5.88. The molecule has 0 radical (unpaired) electrons. The van der Waals surface area contributed by atoms with Gasteiger partial charge in [0.2, 0.25) is 0 Å². The molecule has 0 heterocycles. The summed E-state index contributed by atoms with van der Waals surface area (Å²) >= 11 is 0. The minimum atomic E-state index is 0.294. The zero-order chi connectivity index (χ0) is 13.5. The van der Waals surface area contributed by atoms with Crippen LogP contribution in [0.25, 0.3) is 0 Å². The highest BCUT2D eigenvalue weighted by Crippen LogP contribution is 2.18. The molecule has 0 amide bonds. The first-order valence-electron chi connectivity index (χ1n) is 7.00. The van der Waals surface area contributed by atoms with E-state index in [0.29, 0.717) is 12.1 Å². The van der Waals surface area contributed by atoms with Gasteiger partial charge in [-0.25, -0.2) is 0 Å². The van der Waals surface area contributed by atoms with E-state index < -0.39 is 0 Å². The molecule has 1 aromatic carbocycles. The van der Waals surface area contributed by atoms with Gasteiger partial charge in [0.1, 0.15) is 0 Å². The number of nitrogens with one attached hydrogen (secondary N) is 1. The molecule has 0 spiro atoms. The molecule has 1 rings (SSSR count). The summed E-state index contributed by atoms with van der Waals surface area (Å²) in [5.41, 5.74) is 3.96. The third-order valence-corrected chi connectivity index (χ3v) is 3.22. The summed E-state index contributed by atoms with van der Waals surface area (Å²) in [4.78, 5) is 0. The third-order valence-electron chi connectivity index (χ3n) is 3.22. The molecule has 1 N–H and O–H groups in total. The van der Waals surface area contributed by atoms with Crippen LogP contribution < -0.4 is 5.32 Å². The summed E-state index contributed by atoms with van der Waals surface area (Å²) < 4.78 is 5.88. The van der Waals surface area contributed by atoms with Gasteiger partial charge < -0.3 is 10.1 Å². The van der Waals surface area contributed by atoms with Gasteiger partial charge in [0.05, 0.1) is 18.8 Å². The standard InChI is InChI=1S/C16H27NO/c1-6-14(5)18-11-16(17-7-2)15-9-12(3)8-13(4)10-15/h8-10,14,16-17H,6-7,11H2,1-5H3. The van der Waals surface area contributed by atoms with Crippen LogP contribution in [0.4, 0.5) is 0 Å². The van der Waals surface area contributed by atoms with Crippen molar-refractivity contribution in [2.24, 2.45) is 0 Å². The van der Waals surface area contributed by atoms with Crippen molar-refractivity contribution in [1.82, 2.24) is 5.32 Å². The molecular weight excluding hydrogens is 222 g/mol. The van der Waals surface area contributed by atoms with Crippen LogP contribution in [0, 0.1) is 13.8 Å². The first-order chi connectivity index (χ1) is 8.56. The lowest BCUT2D eigenvalue weighted by Crippen LogP contribution is -2.27. The summed E-state index contributed by atoms with van der Waals surface area (Å²) in [6, 6.07) is 7.01. The summed E-state index contributed by atoms with van der Waals surface area (Å²) in [7, 11) is 0. The second kappa shape index (κ2) is 7.55. The predicted octanol–water partition coefficient (Wildman–Crippen LogP) is 3.77. The lowest BCUT2D eigenvalue weighted by molar-refractivity contribution is 0.0476. The lowest BCUT2D eigenvalue weighted by Gasteiger charge is -2.21. The smallest absolute Gasteiger partial charge is 0.0665 e. The third kappa shape index (κ3) is 4.79. The van der Waals surface area contributed by atoms with Crippen molar-refractivity contribution in [1.29, 1.82) is 0 Å². The van der Waals surface area contributed by atoms with Gasteiger partial charge in [-0.05, 0) is 39.3 Å². The largest absolute Gasteiger partial charge is 0.377 e. The van der Waals surface area contributed by atoms with E-state index >= 15 is 0 Å². The fraction of sp³-hybridized carbons (Fsp3) is 0.625. The van der Waals surface area contributed by atoms with E-state index in [1.165, 1.54) is 16.7 Å². The zero-order valence-electron chi connectivity index (χ0n) is 12.4. The first-order valence-corrected chi connectivity index (χ1v) is 7.00. The number of rotatable bonds is 7. The Morgan fingerprint density at radius 1 is 1.11 bits per heavy atom. The van der Waals surface area contributed by atoms with E-state index in [2.05, 4.69) is 58.1 Å². The quantitative estimate of drug-likeness (QED) is 0.794. The Morgan fingerprint density at radius 2 is 1.72 bits per heavy atom. The fourth-order valence-electron chi connectivity index (χ4n) is 2.11. The lowest BCUT2D eigenvalue weighted by atomic mass is 10.0. The van der Waals surface area contributed by atoms with Gasteiger partial charge in [-0.15, -0.1) is 0 Å². The second-order valence-corrected chi connectivity index (χ2v) is 5.08. The summed E-state index contributed by atoms with van der Waals surface area (Å²) in [6.07, 6.45) is 1.39. The number of hydrogen-bond acceptors (Lipinski definition) is 2. The predicted molar refractivity (Wildman–Crippen MR) is 78.0 cm³/mol. The van der Waals surface area contributed by atoms with Crippen molar-refractivity contribution in [3.63, 3.8) is 0 Å². The Labute approximate surface area is 112 Å². The van der Waals surface area contributed by atoms with Crippen molar-refractivity contribution >= 4 is 0 Å². The number of ether oxygens (including phenoxy) is 1. The topological polar surface area (TPSA) is 21.3 Å². The monoisotopic (exact) mass is 249 g/mol. The Balaban J connectivity index is 2.76. The van der Waals surface area contributed by atoms with Crippen LogP contribution in [0.3, 0.4) is 0 Å². The molecular formula is C16H27NO. The van der Waals surface area contributed by atoms with E-state index in [1.807, 2.05) is 0 Å². The highest BCUT2D eigenvalue weighted by atomic mass is 16.5. The zero-order valence-corrected chi connectivity index (χ0v) is 12.4. The average molecular weight is 249 g/mol. The maximum Gasteiger partial charge on any atom is 0.0665 e. The molecule has 0 saturated heterocycles. The SMILES string of the molecule is CCNC(COC(C)CC)c1cc(C)cc(C)c1. The molecule has 2 nitrogen and oxygen atoms in total. The van der Waals surface area contributed by atoms with Crippen LogP contribution in [-0.4, -0.2) is 19.3 Å². The highest BCUT2D eigenvalue weighted by molar-refractivity contribution is 5.30. The number of aryl methyl sites for hydroxylation is 2. The van der Waals surface area contributed by atoms with E-state index in [0.717, 1.165) is 19.6 Å². The molecule has 2 atom stereocenters. The Hall–Kier alpha value is -0.860. The fourth-order valence-corrected chi connectivity index (χ4v) is 2.11. The van der Waals surface area contributed by atoms with E-state index in [9.17, 15) is 0 Å². The molecule has 0 aliphatic heterocycles. The van der Waals surface area contributed by atoms with Gasteiger partial charge in [0.25, 0.3) is 0 Å². The van der Waals surface area contributed by atoms with Crippen molar-refractivity contribution in [3.8, 4) is 0 Å². The molecule has 0 fully saturated rings. The number of benzene rings is 1. The second-order valence-electron chi connectivity index (χ2n) is 5.08. The minimum Gasteiger partial charge on any atom is -0.377 e. The van der Waals surface area contributed by atoms with Crippen LogP contribution in [0.2, 0.25) is 0 Å². The van der Waals surface area contributed by atoms with Crippen LogP contribution in [0.1, 0.15) is 49.9 Å². The van der Waals surface area contributed by atoms with Crippen LogP contribution >= 0.6 is 0 Å². The van der Waals surface area contributed by atoms with Gasteiger partial charge >= 0.3 is 0 Å². The molecule has 0 saturated carbocycles. The van der Waals surface area contributed by atoms with Crippen LogP contribution in [-0.2, 0) is 4.74 Å². The van der Waals surface area contributed by atoms with Gasteiger partial charge in [-0.2, -0.15) is 0 Å². The van der Waals surface area contributed by atoms with Crippen LogP contribution in [0.15, 0.2) is 18.2 Å². The molecule has 2 unspecified atom stereocenters. The first kappa shape index (κ1) is 15.2. The Bertz CT molecular complexity index is 342. The van der Waals surface area contributed by atoms with E-state index in [1.54, 1.807) is 0 Å². The maximum atomic E-state index is 5.88. The van der Waals surface area contributed by atoms with Crippen molar-refractivity contribution in [2.45, 2.75) is 53.2 Å². The molecule has 0 aliphatic carbocycles. The molecule has 1 aromatic rings. The number of hydrogen-bond donors (Lipinski definition) is 1. The Kier molecular flexibility index (Phi) is 6.37. The summed E-state index contributed by atoms with van der Waals surface area (Å²) in [5, 5.41) is 3.51. The van der Waals surface area contributed by atoms with E-state index in [-0.39, 0.29) is 0 Å². The molecule has 0 aliphatic rings. The molecule has 18 heavy (non-hydrogen) atoms. The highest BCUT2D eigenvalue weighted by Gasteiger charge is 2.12. The van der Waals surface area contributed by atoms with Crippen molar-refractivity contribution < 1.29 is 4.74 Å². The average Bonchev–Trinajstić information content (AvgIpc) is 2.32. The molecule has 0 aromatic heterocycles. The normalized spacial score (nSPS) is 14.5. The molecule has 2 heteroatoms. The summed E-state index contributed by atoms with van der Waals surface area (Å²) in [5.74, 6) is 0. The van der Waals surface area contributed by atoms with Crippen LogP contribution in [0.5, 0.6) is 0 Å². The van der Waals surface area contributed by atoms with Gasteiger partial charge in [-0.3, -0.25) is 0 Å². The van der Waals surface area contributed by atoms with Gasteiger partial charge in [-0.1, -0.05) is 43.2 Å². The summed E-state index contributed by atoms with van der Waals surface area (Å²) in [6.45, 7) is 12.4. The number of likely N-dealkylation sites (N-methyl/N-ethyl adjacent to an activating group) is 1. The van der Waals surface area contributed by atoms with Crippen molar-refractivity contribution in [3.05, 3.63) is 34.9 Å². The van der Waals surface area contributed by atoms with Gasteiger partial charge in [0, 0.05) is 0 Å². The Morgan fingerprint density at radius 3 is 2.22 bits per heavy atom. The van der Waals surface area contributed by atoms with Gasteiger partial charge in [0.15, 0.2) is 0 Å². The molecule has 0 bridgehead atoms. The molecule has 102 valence electrons.